The van der Waals surface area contributed by atoms with Crippen molar-refractivity contribution in [1.29, 1.82) is 0 Å². The van der Waals surface area contributed by atoms with Crippen LogP contribution in [0.4, 0.5) is 0 Å². The molecule has 0 aliphatic rings. The first-order valence-electron chi connectivity index (χ1n) is 38.5. The zero-order valence-electron chi connectivity index (χ0n) is 61.5. The van der Waals surface area contributed by atoms with E-state index in [1.54, 1.807) is 0 Å². The van der Waals surface area contributed by atoms with Crippen LogP contribution in [0.2, 0.25) is 0 Å². The number of nitrogens with zero attached hydrogens (tertiary/aromatic N) is 4. The molecule has 20 aromatic rings. The van der Waals surface area contributed by atoms with E-state index in [9.17, 15) is 0 Å². The van der Waals surface area contributed by atoms with Gasteiger partial charge < -0.3 is 0 Å². The minimum absolute atomic E-state index is 0.564. The molecule has 20 rings (SSSR count). The van der Waals surface area contributed by atoms with Crippen LogP contribution in [0.5, 0.6) is 0 Å². The Bertz CT molecular complexity index is 5960. The van der Waals surface area contributed by atoms with Crippen molar-refractivity contribution in [2.24, 2.45) is 0 Å². The summed E-state index contributed by atoms with van der Waals surface area (Å²) in [4.78, 5) is 12.1. The van der Waals surface area contributed by atoms with E-state index in [1.807, 2.05) is 0 Å². The van der Waals surface area contributed by atoms with Gasteiger partial charge in [-0.15, -0.1) is 0 Å². The van der Waals surface area contributed by atoms with Crippen LogP contribution < -0.4 is 41.5 Å². The maximum Gasteiger partial charge on any atom is 0.237 e. The third-order valence-electron chi connectivity index (χ3n) is 22.8. The van der Waals surface area contributed by atoms with Gasteiger partial charge >= 0.3 is 0 Å². The zero-order valence-corrected chi connectivity index (χ0v) is 63.5. The van der Waals surface area contributed by atoms with E-state index in [-0.39, 0.29) is 0 Å². The van der Waals surface area contributed by atoms with E-state index in [2.05, 4.69) is 458 Å². The zero-order chi connectivity index (χ0) is 74.4. The van der Waals surface area contributed by atoms with E-state index in [0.717, 1.165) is 127 Å². The molecule has 0 unspecified atom stereocenters. The predicted octanol–water partition coefficient (Wildman–Crippen LogP) is 21.1. The Labute approximate surface area is 654 Å². The van der Waals surface area contributed by atoms with Crippen molar-refractivity contribution in [2.75, 3.05) is 0 Å². The van der Waals surface area contributed by atoms with Crippen molar-refractivity contribution in [2.45, 2.75) is 0 Å². The maximum absolute atomic E-state index is 6.19. The Morgan fingerprint density at radius 2 is 0.384 bits per heavy atom. The fraction of sp³-hybridized carbons (Fsp3) is 0. The second kappa shape index (κ2) is 28.8. The van der Waals surface area contributed by atoms with E-state index < -0.39 is 16.1 Å². The molecule has 0 fully saturated rings. The van der Waals surface area contributed by atoms with Gasteiger partial charge in [-0.3, -0.25) is 9.13 Å². The Morgan fingerprint density at radius 1 is 0.161 bits per heavy atom. The minimum Gasteiger partial charge on any atom is -0.294 e. The summed E-state index contributed by atoms with van der Waals surface area (Å²) in [5.74, 6) is 1.32. The molecule has 112 heavy (non-hydrogen) atoms. The topological polar surface area (TPSA) is 35.6 Å². The Balaban J connectivity index is 1.01. The highest BCUT2D eigenvalue weighted by Crippen LogP contribution is 2.37. The third-order valence-corrected chi connectivity index (χ3v) is 32.2. The van der Waals surface area contributed by atoms with Gasteiger partial charge in [-0.25, -0.2) is 4.98 Å². The number of fused-ring (bicyclic) bond motifs is 6. The van der Waals surface area contributed by atoms with Crippen molar-refractivity contribution >= 4 is 101 Å². The Kier molecular flexibility index (Phi) is 17.3. The van der Waals surface area contributed by atoms with Crippen LogP contribution in [0.3, 0.4) is 0 Å². The summed E-state index contributed by atoms with van der Waals surface area (Å²) in [6.07, 6.45) is 0. The molecule has 0 bridgehead atoms. The molecule has 0 amide bonds. The SMILES string of the molecule is c1ccc(-c2cccc([Si](c3cccc(-c4ccccc4)c3)(c3cccc(-c4ccccc4)c3)c3cc(-c4cc(-n5c6ccccc6c6ccccc65)nc(-n5c6ccccc6c6ccccc65)n4)cc([Si](c4cccc(-c5ccccc5)c4)(c4cccc(-c5ccccc5)c4)c4cccc(-c5ccccc5)c4)c3)c2)cc1. The lowest BCUT2D eigenvalue weighted by Gasteiger charge is -2.39. The summed E-state index contributed by atoms with van der Waals surface area (Å²) >= 11 is 0. The van der Waals surface area contributed by atoms with Crippen molar-refractivity contribution < 1.29 is 0 Å². The van der Waals surface area contributed by atoms with Crippen LogP contribution in [-0.2, 0) is 0 Å². The number of hydrogen-bond donors (Lipinski definition) is 0. The van der Waals surface area contributed by atoms with E-state index >= 15 is 0 Å². The number of para-hydroxylation sites is 4. The van der Waals surface area contributed by atoms with Gasteiger partial charge in [0, 0.05) is 33.2 Å². The Morgan fingerprint density at radius 3 is 0.652 bits per heavy atom. The van der Waals surface area contributed by atoms with Gasteiger partial charge in [0.1, 0.15) is 5.82 Å². The molecule has 0 spiro atoms. The van der Waals surface area contributed by atoms with Crippen molar-refractivity contribution in [3.05, 3.63) is 449 Å². The van der Waals surface area contributed by atoms with Gasteiger partial charge in [-0.1, -0.05) is 419 Å². The number of hydrogen-bond acceptors (Lipinski definition) is 2. The first-order valence-corrected chi connectivity index (χ1v) is 42.5. The second-order valence-corrected chi connectivity index (χ2v) is 36.7. The summed E-state index contributed by atoms with van der Waals surface area (Å²) in [6, 6.07) is 168. The van der Waals surface area contributed by atoms with Crippen LogP contribution in [0.25, 0.3) is 133 Å². The highest BCUT2D eigenvalue weighted by Gasteiger charge is 2.47. The number of rotatable bonds is 17. The molecular formula is C106H74N4Si2. The molecule has 0 saturated carbocycles. The minimum atomic E-state index is -3.87. The molecule has 6 heteroatoms. The van der Waals surface area contributed by atoms with Gasteiger partial charge in [0.15, 0.2) is 16.1 Å². The van der Waals surface area contributed by atoms with Crippen molar-refractivity contribution in [3.63, 3.8) is 0 Å². The second-order valence-electron chi connectivity index (χ2n) is 29.1. The molecule has 3 aromatic heterocycles. The molecule has 3 heterocycles. The highest BCUT2D eigenvalue weighted by atomic mass is 28.3. The molecule has 17 aromatic carbocycles. The maximum atomic E-state index is 6.19. The van der Waals surface area contributed by atoms with Gasteiger partial charge in [0.2, 0.25) is 5.95 Å². The molecule has 0 saturated heterocycles. The van der Waals surface area contributed by atoms with Crippen LogP contribution in [0.1, 0.15) is 0 Å². The molecule has 526 valence electrons. The summed E-state index contributed by atoms with van der Waals surface area (Å²) < 4.78 is 4.67. The van der Waals surface area contributed by atoms with E-state index in [4.69, 9.17) is 9.97 Å². The molecule has 0 radical (unpaired) electrons. The average molecular weight is 1460 g/mol. The van der Waals surface area contributed by atoms with Crippen molar-refractivity contribution in [1.82, 2.24) is 19.1 Å². The third kappa shape index (κ3) is 11.8. The van der Waals surface area contributed by atoms with Gasteiger partial charge in [0.05, 0.1) is 27.8 Å². The molecule has 0 aliphatic heterocycles. The molecule has 0 N–H and O–H groups in total. The normalized spacial score (nSPS) is 11.8. The fourth-order valence-corrected chi connectivity index (χ4v) is 27.6. The summed E-state index contributed by atoms with van der Waals surface area (Å²) in [5.41, 5.74) is 19.6. The molecular weight excluding hydrogens is 1390 g/mol. The first kappa shape index (κ1) is 67.2. The molecule has 4 nitrogen and oxygen atoms in total. The lowest BCUT2D eigenvalue weighted by molar-refractivity contribution is 0.952. The van der Waals surface area contributed by atoms with Gasteiger partial charge in [0.25, 0.3) is 0 Å². The summed E-state index contributed by atoms with van der Waals surface area (Å²) in [7, 11) is -7.74. The predicted molar refractivity (Wildman–Crippen MR) is 476 cm³/mol. The van der Waals surface area contributed by atoms with Crippen LogP contribution >= 0.6 is 0 Å². The van der Waals surface area contributed by atoms with Gasteiger partial charge in [-0.2, -0.15) is 4.98 Å². The molecule has 0 aliphatic carbocycles. The van der Waals surface area contributed by atoms with Crippen LogP contribution in [0.15, 0.2) is 449 Å². The van der Waals surface area contributed by atoms with E-state index in [0.29, 0.717) is 5.95 Å². The summed E-state index contributed by atoms with van der Waals surface area (Å²) in [6.45, 7) is 0. The average Bonchev–Trinajstić information content (AvgIpc) is 1.45. The largest absolute Gasteiger partial charge is 0.294 e. The number of benzene rings is 17. The number of aromatic nitrogens is 4. The summed E-state index contributed by atoms with van der Waals surface area (Å²) in [5, 5.41) is 14.4. The smallest absolute Gasteiger partial charge is 0.237 e. The quantitative estimate of drug-likeness (QED) is 0.0673. The van der Waals surface area contributed by atoms with Crippen molar-refractivity contribution in [3.8, 4) is 89.8 Å². The Hall–Kier alpha value is -14.1. The molecule has 0 atom stereocenters. The lowest BCUT2D eigenvalue weighted by Crippen LogP contribution is -2.78. The lowest BCUT2D eigenvalue weighted by atomic mass is 10.1. The fourth-order valence-electron chi connectivity index (χ4n) is 17.7. The van der Waals surface area contributed by atoms with Gasteiger partial charge in [-0.05, 0) is 133 Å². The van der Waals surface area contributed by atoms with Crippen LogP contribution in [0, 0.1) is 0 Å². The van der Waals surface area contributed by atoms with Crippen LogP contribution in [-0.4, -0.2) is 35.2 Å². The first-order chi connectivity index (χ1) is 55.5. The van der Waals surface area contributed by atoms with E-state index in [1.165, 1.54) is 41.5 Å². The highest BCUT2D eigenvalue weighted by molar-refractivity contribution is 7.22. The monoisotopic (exact) mass is 1460 g/mol. The standard InChI is InChI=1S/C106H74N4Si2/c1-7-33-75(34-8-1)81-45-27-51-88(65-81)111(89-52-28-46-82(66-89)76-35-9-2-10-36-76,90-53-29-47-83(67-90)77-37-11-3-12-38-77)94-71-87(100-74-105(109-101-61-23-19-57-96(101)97-58-20-24-62-102(97)109)108-106(107-100)110-103-63-25-21-59-98(103)99-60-22-26-64-104(99)110)72-95(73-94)112(91-54-30-48-84(68-91)78-39-13-4-14-40-78,92-55-31-49-85(69-92)79-41-15-5-16-42-79)93-56-32-50-86(70-93)80-43-17-6-18-44-80/h1-74H.